The third kappa shape index (κ3) is 4.79. The van der Waals surface area contributed by atoms with Gasteiger partial charge >= 0.3 is 12.1 Å². The van der Waals surface area contributed by atoms with Crippen LogP contribution in [0.1, 0.15) is 37.8 Å². The van der Waals surface area contributed by atoms with Gasteiger partial charge in [0, 0.05) is 24.9 Å². The lowest BCUT2D eigenvalue weighted by Crippen LogP contribution is -2.21. The number of carboxylic acid groups (broad SMARTS) is 1. The fourth-order valence-corrected chi connectivity index (χ4v) is 2.20. The lowest BCUT2D eigenvalue weighted by molar-refractivity contribution is -0.137. The summed E-state index contributed by atoms with van der Waals surface area (Å²) >= 11 is 0. The molecule has 0 saturated heterocycles. The lowest BCUT2D eigenvalue weighted by Gasteiger charge is -2.21. The standard InChI is InChI=1S/C16H20F3NO2/c1-3-9-20(10-4-2)11-13(15(21)22)12-7-5-6-8-14(12)16(17,18)19/h5-8,11H,3-4,9-10H2,1-2H3,(H,21,22)/b13-11+. The van der Waals surface area contributed by atoms with Crippen LogP contribution in [0.25, 0.3) is 5.57 Å². The van der Waals surface area contributed by atoms with Crippen LogP contribution >= 0.6 is 0 Å². The van der Waals surface area contributed by atoms with Gasteiger partial charge in [-0.2, -0.15) is 13.2 Å². The molecule has 0 amide bonds. The molecule has 0 radical (unpaired) electrons. The molecule has 0 aromatic heterocycles. The number of carbonyl (C=O) groups is 1. The van der Waals surface area contributed by atoms with E-state index in [1.165, 1.54) is 24.4 Å². The average Bonchev–Trinajstić information content (AvgIpc) is 2.44. The lowest BCUT2D eigenvalue weighted by atomic mass is 9.99. The Morgan fingerprint density at radius 1 is 1.18 bits per heavy atom. The van der Waals surface area contributed by atoms with E-state index < -0.39 is 17.7 Å². The molecule has 0 aliphatic carbocycles. The highest BCUT2D eigenvalue weighted by Gasteiger charge is 2.35. The van der Waals surface area contributed by atoms with Gasteiger partial charge in [0.05, 0.1) is 11.1 Å². The van der Waals surface area contributed by atoms with E-state index >= 15 is 0 Å². The number of hydrogen-bond acceptors (Lipinski definition) is 2. The van der Waals surface area contributed by atoms with Crippen molar-refractivity contribution in [3.63, 3.8) is 0 Å². The molecule has 1 N–H and O–H groups in total. The van der Waals surface area contributed by atoms with Gasteiger partial charge in [-0.05, 0) is 18.9 Å². The van der Waals surface area contributed by atoms with Gasteiger partial charge in [0.2, 0.25) is 0 Å². The summed E-state index contributed by atoms with van der Waals surface area (Å²) in [6.07, 6.45) is -1.71. The summed E-state index contributed by atoms with van der Waals surface area (Å²) in [4.78, 5) is 13.2. The van der Waals surface area contributed by atoms with Crippen LogP contribution < -0.4 is 0 Å². The minimum Gasteiger partial charge on any atom is -0.478 e. The molecule has 22 heavy (non-hydrogen) atoms. The molecule has 1 aromatic rings. The number of aliphatic carboxylic acids is 1. The van der Waals surface area contributed by atoms with Crippen LogP contribution in [0.5, 0.6) is 0 Å². The monoisotopic (exact) mass is 315 g/mol. The zero-order valence-corrected chi connectivity index (χ0v) is 12.7. The van der Waals surface area contributed by atoms with Crippen molar-refractivity contribution in [2.75, 3.05) is 13.1 Å². The van der Waals surface area contributed by atoms with Gasteiger partial charge in [0.25, 0.3) is 0 Å². The first-order valence-electron chi connectivity index (χ1n) is 7.17. The van der Waals surface area contributed by atoms with Gasteiger partial charge in [-0.15, -0.1) is 0 Å². The van der Waals surface area contributed by atoms with E-state index in [4.69, 9.17) is 0 Å². The predicted octanol–water partition coefficient (Wildman–Crippen LogP) is 4.25. The fraction of sp³-hybridized carbons (Fsp3) is 0.438. The van der Waals surface area contributed by atoms with Crippen LogP contribution in [0.3, 0.4) is 0 Å². The van der Waals surface area contributed by atoms with Crippen LogP contribution in [-0.2, 0) is 11.0 Å². The van der Waals surface area contributed by atoms with E-state index in [1.807, 2.05) is 13.8 Å². The number of nitrogens with zero attached hydrogens (tertiary/aromatic N) is 1. The van der Waals surface area contributed by atoms with E-state index in [1.54, 1.807) is 4.90 Å². The van der Waals surface area contributed by atoms with E-state index in [0.717, 1.165) is 18.9 Å². The average molecular weight is 315 g/mol. The molecule has 0 unspecified atom stereocenters. The first-order chi connectivity index (χ1) is 10.3. The zero-order chi connectivity index (χ0) is 16.8. The van der Waals surface area contributed by atoms with Gasteiger partial charge in [0.1, 0.15) is 0 Å². The van der Waals surface area contributed by atoms with E-state index in [2.05, 4.69) is 0 Å². The van der Waals surface area contributed by atoms with Crippen LogP contribution in [0.4, 0.5) is 13.2 Å². The summed E-state index contributed by atoms with van der Waals surface area (Å²) in [6.45, 7) is 5.05. The van der Waals surface area contributed by atoms with E-state index in [-0.39, 0.29) is 11.1 Å². The largest absolute Gasteiger partial charge is 0.478 e. The Morgan fingerprint density at radius 3 is 2.18 bits per heavy atom. The number of halogens is 3. The second kappa shape index (κ2) is 7.87. The van der Waals surface area contributed by atoms with Gasteiger partial charge in [-0.3, -0.25) is 0 Å². The summed E-state index contributed by atoms with van der Waals surface area (Å²) < 4.78 is 39.2. The Bertz CT molecular complexity index is 532. The van der Waals surface area contributed by atoms with Crippen LogP contribution in [0.15, 0.2) is 30.5 Å². The third-order valence-electron chi connectivity index (χ3n) is 3.09. The predicted molar refractivity (Wildman–Crippen MR) is 79.2 cm³/mol. The molecule has 0 aliphatic heterocycles. The highest BCUT2D eigenvalue weighted by Crippen LogP contribution is 2.35. The summed E-state index contributed by atoms with van der Waals surface area (Å²) in [5.41, 5.74) is -1.58. The first-order valence-corrected chi connectivity index (χ1v) is 7.17. The summed E-state index contributed by atoms with van der Waals surface area (Å²) in [5.74, 6) is -1.37. The number of carboxylic acids is 1. The van der Waals surface area contributed by atoms with Crippen LogP contribution in [-0.4, -0.2) is 29.1 Å². The molecule has 1 aromatic carbocycles. The number of benzene rings is 1. The van der Waals surface area contributed by atoms with Crippen molar-refractivity contribution in [3.05, 3.63) is 41.6 Å². The number of hydrogen-bond donors (Lipinski definition) is 1. The van der Waals surface area contributed by atoms with Crippen LogP contribution in [0.2, 0.25) is 0 Å². The maximum Gasteiger partial charge on any atom is 0.417 e. The van der Waals surface area contributed by atoms with Crippen molar-refractivity contribution >= 4 is 11.5 Å². The molecule has 122 valence electrons. The molecule has 0 spiro atoms. The van der Waals surface area contributed by atoms with Crippen molar-refractivity contribution < 1.29 is 23.1 Å². The molecular weight excluding hydrogens is 295 g/mol. The number of rotatable bonds is 7. The Balaban J connectivity index is 3.35. The van der Waals surface area contributed by atoms with Gasteiger partial charge < -0.3 is 10.0 Å². The minimum atomic E-state index is -4.59. The highest BCUT2D eigenvalue weighted by molar-refractivity contribution is 6.15. The molecule has 6 heteroatoms. The van der Waals surface area contributed by atoms with Gasteiger partial charge in [-0.25, -0.2) is 4.79 Å². The van der Waals surface area contributed by atoms with Crippen molar-refractivity contribution in [1.29, 1.82) is 0 Å². The number of alkyl halides is 3. The Morgan fingerprint density at radius 2 is 1.73 bits per heavy atom. The fourth-order valence-electron chi connectivity index (χ4n) is 2.20. The Kier molecular flexibility index (Phi) is 6.46. The molecule has 0 heterocycles. The first kappa shape index (κ1) is 18.1. The normalized spacial score (nSPS) is 12.3. The maximum absolute atomic E-state index is 13.1. The molecule has 1 rings (SSSR count). The molecule has 0 fully saturated rings. The van der Waals surface area contributed by atoms with Crippen molar-refractivity contribution in [2.45, 2.75) is 32.9 Å². The maximum atomic E-state index is 13.1. The van der Waals surface area contributed by atoms with E-state index in [0.29, 0.717) is 13.1 Å². The smallest absolute Gasteiger partial charge is 0.417 e. The van der Waals surface area contributed by atoms with Crippen molar-refractivity contribution in [3.8, 4) is 0 Å². The third-order valence-corrected chi connectivity index (χ3v) is 3.09. The second-order valence-electron chi connectivity index (χ2n) is 4.93. The molecule has 0 saturated carbocycles. The van der Waals surface area contributed by atoms with Gasteiger partial charge in [0.15, 0.2) is 0 Å². The quantitative estimate of drug-likeness (QED) is 0.765. The summed E-state index contributed by atoms with van der Waals surface area (Å²) in [7, 11) is 0. The second-order valence-corrected chi connectivity index (χ2v) is 4.93. The minimum absolute atomic E-state index is 0.306. The molecule has 0 aliphatic rings. The van der Waals surface area contributed by atoms with E-state index in [9.17, 15) is 23.1 Å². The van der Waals surface area contributed by atoms with Crippen molar-refractivity contribution in [2.24, 2.45) is 0 Å². The summed E-state index contributed by atoms with van der Waals surface area (Å²) in [5, 5.41) is 9.34. The topological polar surface area (TPSA) is 40.5 Å². The van der Waals surface area contributed by atoms with Crippen LogP contribution in [0, 0.1) is 0 Å². The van der Waals surface area contributed by atoms with Crippen molar-refractivity contribution in [1.82, 2.24) is 4.90 Å². The summed E-state index contributed by atoms with van der Waals surface area (Å²) in [6, 6.07) is 4.75. The molecule has 3 nitrogen and oxygen atoms in total. The highest BCUT2D eigenvalue weighted by atomic mass is 19.4. The zero-order valence-electron chi connectivity index (χ0n) is 12.7. The SMILES string of the molecule is CCCN(/C=C(/C(=O)O)c1ccccc1C(F)(F)F)CCC. The molecule has 0 bridgehead atoms. The molecule has 0 atom stereocenters. The Hall–Kier alpha value is -1.98. The van der Waals surface area contributed by atoms with Gasteiger partial charge in [-0.1, -0.05) is 32.0 Å². The molecular formula is C16H20F3NO2. The Labute approximate surface area is 128 Å².